The quantitative estimate of drug-likeness (QED) is 0.873. The number of nitrogens with one attached hydrogen (secondary N) is 1. The Labute approximate surface area is 101 Å². The Morgan fingerprint density at radius 2 is 2.12 bits per heavy atom. The second-order valence-electron chi connectivity index (χ2n) is 3.58. The molecule has 0 saturated heterocycles. The number of hydrogen-bond acceptors (Lipinski definition) is 4. The molecule has 4 nitrogen and oxygen atoms in total. The highest BCUT2D eigenvalue weighted by Gasteiger charge is 2.23. The zero-order valence-electron chi connectivity index (χ0n) is 10.1. The number of thiophene rings is 1. The van der Waals surface area contributed by atoms with E-state index in [4.69, 9.17) is 0 Å². The van der Waals surface area contributed by atoms with Crippen LogP contribution in [0.1, 0.15) is 16.7 Å². The fourth-order valence-electron chi connectivity index (χ4n) is 1.38. The highest BCUT2D eigenvalue weighted by molar-refractivity contribution is 7.89. The molecule has 0 aromatic carbocycles. The van der Waals surface area contributed by atoms with Crippen molar-refractivity contribution in [1.29, 1.82) is 0 Å². The molecule has 0 unspecified atom stereocenters. The number of sulfonamides is 1. The van der Waals surface area contributed by atoms with Gasteiger partial charge in [0.15, 0.2) is 0 Å². The maximum absolute atomic E-state index is 12.1. The highest BCUT2D eigenvalue weighted by atomic mass is 32.2. The molecule has 0 aliphatic carbocycles. The van der Waals surface area contributed by atoms with Gasteiger partial charge in [-0.15, -0.1) is 11.3 Å². The van der Waals surface area contributed by atoms with E-state index >= 15 is 0 Å². The van der Waals surface area contributed by atoms with Crippen molar-refractivity contribution in [2.24, 2.45) is 0 Å². The minimum absolute atomic E-state index is 0.437. The average Bonchev–Trinajstić information content (AvgIpc) is 2.59. The van der Waals surface area contributed by atoms with Crippen molar-refractivity contribution < 1.29 is 8.42 Å². The van der Waals surface area contributed by atoms with Crippen LogP contribution in [0.3, 0.4) is 0 Å². The average molecular weight is 262 g/mol. The van der Waals surface area contributed by atoms with Crippen LogP contribution in [0, 0.1) is 6.92 Å². The summed E-state index contributed by atoms with van der Waals surface area (Å²) in [6.07, 6.45) is 0. The van der Waals surface area contributed by atoms with E-state index in [0.29, 0.717) is 18.0 Å². The molecular formula is C10H18N2O2S2. The van der Waals surface area contributed by atoms with Gasteiger partial charge >= 0.3 is 0 Å². The lowest BCUT2D eigenvalue weighted by molar-refractivity contribution is 0.486. The van der Waals surface area contributed by atoms with E-state index < -0.39 is 10.0 Å². The van der Waals surface area contributed by atoms with E-state index in [2.05, 4.69) is 5.32 Å². The van der Waals surface area contributed by atoms with Crippen LogP contribution in [0.25, 0.3) is 0 Å². The Hall–Kier alpha value is -0.430. The van der Waals surface area contributed by atoms with Gasteiger partial charge in [0.05, 0.1) is 4.90 Å². The van der Waals surface area contributed by atoms with E-state index in [1.54, 1.807) is 13.1 Å². The van der Waals surface area contributed by atoms with E-state index in [-0.39, 0.29) is 0 Å². The first-order valence-corrected chi connectivity index (χ1v) is 7.39. The topological polar surface area (TPSA) is 49.4 Å². The lowest BCUT2D eigenvalue weighted by atomic mass is 10.4. The number of aryl methyl sites for hydroxylation is 1. The van der Waals surface area contributed by atoms with Crippen molar-refractivity contribution in [2.75, 3.05) is 20.6 Å². The first kappa shape index (κ1) is 13.6. The van der Waals surface area contributed by atoms with Gasteiger partial charge in [-0.2, -0.15) is 0 Å². The molecule has 1 aromatic heterocycles. The summed E-state index contributed by atoms with van der Waals surface area (Å²) in [7, 11) is 0.149. The molecule has 0 saturated carbocycles. The molecule has 1 N–H and O–H groups in total. The van der Waals surface area contributed by atoms with Gasteiger partial charge in [0, 0.05) is 29.9 Å². The van der Waals surface area contributed by atoms with Gasteiger partial charge in [0.25, 0.3) is 0 Å². The molecule has 1 aromatic rings. The van der Waals surface area contributed by atoms with Gasteiger partial charge < -0.3 is 5.32 Å². The zero-order chi connectivity index (χ0) is 12.3. The van der Waals surface area contributed by atoms with Crippen LogP contribution in [0.4, 0.5) is 0 Å². The van der Waals surface area contributed by atoms with Crippen molar-refractivity contribution in [1.82, 2.24) is 9.62 Å². The lowest BCUT2D eigenvalue weighted by Crippen LogP contribution is -2.26. The third-order valence-electron chi connectivity index (χ3n) is 2.41. The second kappa shape index (κ2) is 5.27. The van der Waals surface area contributed by atoms with Crippen LogP contribution < -0.4 is 5.32 Å². The molecule has 92 valence electrons. The van der Waals surface area contributed by atoms with Gasteiger partial charge in [0.2, 0.25) is 10.0 Å². The smallest absolute Gasteiger partial charge is 0.243 e. The minimum Gasteiger partial charge on any atom is -0.315 e. The first-order chi connectivity index (χ1) is 7.43. The van der Waals surface area contributed by atoms with Gasteiger partial charge in [-0.1, -0.05) is 6.92 Å². The van der Waals surface area contributed by atoms with Crippen molar-refractivity contribution in [3.63, 3.8) is 0 Å². The van der Waals surface area contributed by atoms with Crippen molar-refractivity contribution in [3.8, 4) is 0 Å². The van der Waals surface area contributed by atoms with E-state index in [1.807, 2.05) is 20.9 Å². The van der Waals surface area contributed by atoms with Crippen LogP contribution in [-0.2, 0) is 16.6 Å². The molecule has 0 spiro atoms. The molecular weight excluding hydrogens is 244 g/mol. The van der Waals surface area contributed by atoms with E-state index in [9.17, 15) is 8.42 Å². The maximum Gasteiger partial charge on any atom is 0.243 e. The highest BCUT2D eigenvalue weighted by Crippen LogP contribution is 2.27. The Bertz CT molecular complexity index is 451. The molecule has 1 rings (SSSR count). The van der Waals surface area contributed by atoms with Crippen LogP contribution >= 0.6 is 11.3 Å². The molecule has 0 bridgehead atoms. The monoisotopic (exact) mass is 262 g/mol. The predicted octanol–water partition coefficient (Wildman–Crippen LogP) is 1.42. The minimum atomic E-state index is -3.30. The van der Waals surface area contributed by atoms with Crippen LogP contribution in [-0.4, -0.2) is 33.4 Å². The maximum atomic E-state index is 12.1. The van der Waals surface area contributed by atoms with Crippen LogP contribution in [0.15, 0.2) is 11.0 Å². The number of nitrogens with zero attached hydrogens (tertiary/aromatic N) is 1. The summed E-state index contributed by atoms with van der Waals surface area (Å²) in [6.45, 7) is 4.86. The SMILES string of the molecule is CCN(C)S(=O)(=O)c1cc(CNC)sc1C. The molecule has 0 amide bonds. The van der Waals surface area contributed by atoms with Crippen LogP contribution in [0.2, 0.25) is 0 Å². The molecule has 6 heteroatoms. The van der Waals surface area contributed by atoms with E-state index in [1.165, 1.54) is 15.6 Å². The number of hydrogen-bond donors (Lipinski definition) is 1. The van der Waals surface area contributed by atoms with Gasteiger partial charge in [-0.05, 0) is 20.0 Å². The lowest BCUT2D eigenvalue weighted by Gasteiger charge is -2.14. The van der Waals surface area contributed by atoms with Crippen molar-refractivity contribution in [2.45, 2.75) is 25.3 Å². The fraction of sp³-hybridized carbons (Fsp3) is 0.600. The summed E-state index contributed by atoms with van der Waals surface area (Å²) in [5.41, 5.74) is 0. The normalized spacial score (nSPS) is 12.3. The summed E-state index contributed by atoms with van der Waals surface area (Å²) in [5, 5.41) is 3.02. The third-order valence-corrected chi connectivity index (χ3v) is 5.65. The molecule has 16 heavy (non-hydrogen) atoms. The molecule has 0 fully saturated rings. The zero-order valence-corrected chi connectivity index (χ0v) is 11.7. The standard InChI is InChI=1S/C10H18N2O2S2/c1-5-12(4)16(13,14)10-6-9(7-11-3)15-8(10)2/h6,11H,5,7H2,1-4H3. The molecule has 0 aliphatic rings. The fourth-order valence-corrected chi connectivity index (χ4v) is 4.17. The summed E-state index contributed by atoms with van der Waals surface area (Å²) < 4.78 is 25.6. The van der Waals surface area contributed by atoms with Gasteiger partial charge in [0.1, 0.15) is 0 Å². The number of rotatable bonds is 5. The first-order valence-electron chi connectivity index (χ1n) is 5.13. The second-order valence-corrected chi connectivity index (χ2v) is 6.94. The third kappa shape index (κ3) is 2.63. The Kier molecular flexibility index (Phi) is 4.49. The Morgan fingerprint density at radius 1 is 1.50 bits per heavy atom. The molecule has 0 aliphatic heterocycles. The Morgan fingerprint density at radius 3 is 2.62 bits per heavy atom. The molecule has 0 radical (unpaired) electrons. The van der Waals surface area contributed by atoms with E-state index in [0.717, 1.165) is 9.75 Å². The van der Waals surface area contributed by atoms with Crippen LogP contribution in [0.5, 0.6) is 0 Å². The summed E-state index contributed by atoms with van der Waals surface area (Å²) in [6, 6.07) is 1.76. The van der Waals surface area contributed by atoms with Gasteiger partial charge in [-0.25, -0.2) is 12.7 Å². The summed E-state index contributed by atoms with van der Waals surface area (Å²) in [5.74, 6) is 0. The van der Waals surface area contributed by atoms with Crippen molar-refractivity contribution >= 4 is 21.4 Å². The van der Waals surface area contributed by atoms with Gasteiger partial charge in [-0.3, -0.25) is 0 Å². The molecule has 0 atom stereocenters. The largest absolute Gasteiger partial charge is 0.315 e. The molecule has 1 heterocycles. The summed E-state index contributed by atoms with van der Waals surface area (Å²) >= 11 is 1.53. The van der Waals surface area contributed by atoms with Crippen molar-refractivity contribution in [3.05, 3.63) is 15.8 Å². The summed E-state index contributed by atoms with van der Waals surface area (Å²) in [4.78, 5) is 2.33. The Balaban J connectivity index is 3.13. The predicted molar refractivity (Wildman–Crippen MR) is 67.3 cm³/mol.